The van der Waals surface area contributed by atoms with Gasteiger partial charge in [-0.25, -0.2) is 4.98 Å². The number of piperidine rings is 1. The Labute approximate surface area is 118 Å². The van der Waals surface area contributed by atoms with Crippen LogP contribution in [0.15, 0.2) is 12.1 Å². The smallest absolute Gasteiger partial charge is 0.276 e. The topological polar surface area (TPSA) is 80.5 Å². The average molecular weight is 280 g/mol. The van der Waals surface area contributed by atoms with Crippen LogP contribution in [0.5, 0.6) is 0 Å². The summed E-state index contributed by atoms with van der Waals surface area (Å²) < 4.78 is 5.38. The van der Waals surface area contributed by atoms with E-state index in [2.05, 4.69) is 10.3 Å². The summed E-state index contributed by atoms with van der Waals surface area (Å²) in [5.41, 5.74) is 0.0606. The molecule has 7 heteroatoms. The van der Waals surface area contributed by atoms with E-state index in [0.29, 0.717) is 18.2 Å². The molecule has 1 atom stereocenters. The average Bonchev–Trinajstić information content (AvgIpc) is 2.47. The van der Waals surface area contributed by atoms with Gasteiger partial charge in [0.05, 0.1) is 23.2 Å². The van der Waals surface area contributed by atoms with Gasteiger partial charge in [0, 0.05) is 26.7 Å². The SMILES string of the molecule is CCNc1cc([N+](=O)[O-])cc(N2CCCC(OC)C2)n1. The largest absolute Gasteiger partial charge is 0.380 e. The second kappa shape index (κ2) is 6.51. The van der Waals surface area contributed by atoms with Crippen molar-refractivity contribution >= 4 is 17.3 Å². The molecule has 0 amide bonds. The Morgan fingerprint density at radius 2 is 2.40 bits per heavy atom. The van der Waals surface area contributed by atoms with Crippen LogP contribution < -0.4 is 10.2 Å². The second-order valence-electron chi connectivity index (χ2n) is 4.80. The summed E-state index contributed by atoms with van der Waals surface area (Å²) in [5, 5.41) is 14.1. The third-order valence-electron chi connectivity index (χ3n) is 3.40. The number of nitrogens with zero attached hydrogens (tertiary/aromatic N) is 3. The van der Waals surface area contributed by atoms with Crippen LogP contribution in [0.1, 0.15) is 19.8 Å². The lowest BCUT2D eigenvalue weighted by Crippen LogP contribution is -2.39. The van der Waals surface area contributed by atoms with Gasteiger partial charge in [-0.05, 0) is 19.8 Å². The van der Waals surface area contributed by atoms with Crippen molar-refractivity contribution in [1.29, 1.82) is 0 Å². The molecule has 2 rings (SSSR count). The molecular weight excluding hydrogens is 260 g/mol. The van der Waals surface area contributed by atoms with E-state index >= 15 is 0 Å². The number of aromatic nitrogens is 1. The van der Waals surface area contributed by atoms with Crippen molar-refractivity contribution in [3.63, 3.8) is 0 Å². The Bertz CT molecular complexity index is 481. The van der Waals surface area contributed by atoms with Gasteiger partial charge >= 0.3 is 0 Å². The first kappa shape index (κ1) is 14.5. The van der Waals surface area contributed by atoms with E-state index < -0.39 is 0 Å². The van der Waals surface area contributed by atoms with Crippen molar-refractivity contribution in [2.75, 3.05) is 37.0 Å². The third-order valence-corrected chi connectivity index (χ3v) is 3.40. The Morgan fingerprint density at radius 1 is 1.60 bits per heavy atom. The quantitative estimate of drug-likeness (QED) is 0.656. The molecule has 1 saturated heterocycles. The van der Waals surface area contributed by atoms with E-state index in [0.717, 1.165) is 25.9 Å². The summed E-state index contributed by atoms with van der Waals surface area (Å²) in [7, 11) is 1.69. The fourth-order valence-electron chi connectivity index (χ4n) is 2.38. The summed E-state index contributed by atoms with van der Waals surface area (Å²) in [6, 6.07) is 2.99. The normalized spacial score (nSPS) is 18.9. The van der Waals surface area contributed by atoms with Gasteiger partial charge < -0.3 is 15.0 Å². The molecule has 0 radical (unpaired) electrons. The Hall–Kier alpha value is -1.89. The molecule has 1 fully saturated rings. The lowest BCUT2D eigenvalue weighted by molar-refractivity contribution is -0.384. The zero-order chi connectivity index (χ0) is 14.5. The van der Waals surface area contributed by atoms with Gasteiger partial charge in [-0.3, -0.25) is 10.1 Å². The van der Waals surface area contributed by atoms with Gasteiger partial charge in [0.2, 0.25) is 0 Å². The molecule has 1 aromatic heterocycles. The highest BCUT2D eigenvalue weighted by Gasteiger charge is 2.22. The number of pyridine rings is 1. The maximum absolute atomic E-state index is 11.0. The van der Waals surface area contributed by atoms with E-state index in [1.165, 1.54) is 12.1 Å². The number of nitrogens with one attached hydrogen (secondary N) is 1. The molecular formula is C13H20N4O3. The molecule has 1 unspecified atom stereocenters. The molecule has 0 spiro atoms. The number of hydrogen-bond acceptors (Lipinski definition) is 6. The standard InChI is InChI=1S/C13H20N4O3/c1-3-14-12-7-10(17(18)19)8-13(15-12)16-6-4-5-11(9-16)20-2/h7-8,11H,3-6,9H2,1-2H3,(H,14,15). The predicted octanol–water partition coefficient (Wildman–Crippen LogP) is 2.04. The van der Waals surface area contributed by atoms with Crippen molar-refractivity contribution in [3.05, 3.63) is 22.2 Å². The molecule has 110 valence electrons. The summed E-state index contributed by atoms with van der Waals surface area (Å²) in [6.45, 7) is 4.17. The van der Waals surface area contributed by atoms with Crippen molar-refractivity contribution in [3.8, 4) is 0 Å². The Kier molecular flexibility index (Phi) is 4.73. The van der Waals surface area contributed by atoms with Crippen LogP contribution in [0.2, 0.25) is 0 Å². The maximum Gasteiger partial charge on any atom is 0.276 e. The summed E-state index contributed by atoms with van der Waals surface area (Å²) in [4.78, 5) is 17.1. The van der Waals surface area contributed by atoms with E-state index in [1.807, 2.05) is 11.8 Å². The molecule has 1 aliphatic rings. The third kappa shape index (κ3) is 3.36. The number of anilines is 2. The van der Waals surface area contributed by atoms with E-state index in [1.54, 1.807) is 7.11 Å². The second-order valence-corrected chi connectivity index (χ2v) is 4.80. The number of nitro groups is 1. The fourth-order valence-corrected chi connectivity index (χ4v) is 2.38. The van der Waals surface area contributed by atoms with Crippen LogP contribution in [-0.2, 0) is 4.74 Å². The first-order chi connectivity index (χ1) is 9.63. The summed E-state index contributed by atoms with van der Waals surface area (Å²) in [5.74, 6) is 1.17. The molecule has 0 aromatic carbocycles. The van der Waals surface area contributed by atoms with Crippen molar-refractivity contribution in [2.24, 2.45) is 0 Å². The van der Waals surface area contributed by atoms with Crippen molar-refractivity contribution < 1.29 is 9.66 Å². The highest BCUT2D eigenvalue weighted by atomic mass is 16.6. The minimum Gasteiger partial charge on any atom is -0.380 e. The number of hydrogen-bond donors (Lipinski definition) is 1. The highest BCUT2D eigenvalue weighted by molar-refractivity contribution is 5.56. The monoisotopic (exact) mass is 280 g/mol. The zero-order valence-electron chi connectivity index (χ0n) is 11.8. The zero-order valence-corrected chi connectivity index (χ0v) is 11.8. The van der Waals surface area contributed by atoms with E-state index in [4.69, 9.17) is 4.74 Å². The molecule has 1 aromatic rings. The summed E-state index contributed by atoms with van der Waals surface area (Å²) in [6.07, 6.45) is 2.17. The maximum atomic E-state index is 11.0. The lowest BCUT2D eigenvalue weighted by Gasteiger charge is -2.32. The van der Waals surface area contributed by atoms with Crippen LogP contribution in [0, 0.1) is 10.1 Å². The Morgan fingerprint density at radius 3 is 3.05 bits per heavy atom. The molecule has 20 heavy (non-hydrogen) atoms. The molecule has 0 saturated carbocycles. The van der Waals surface area contributed by atoms with E-state index in [-0.39, 0.29) is 16.7 Å². The van der Waals surface area contributed by atoms with Crippen LogP contribution >= 0.6 is 0 Å². The minimum absolute atomic E-state index is 0.0606. The number of methoxy groups -OCH3 is 1. The van der Waals surface area contributed by atoms with Gasteiger partial charge in [-0.1, -0.05) is 0 Å². The minimum atomic E-state index is -0.385. The van der Waals surface area contributed by atoms with Crippen LogP contribution in [0.3, 0.4) is 0 Å². The van der Waals surface area contributed by atoms with Gasteiger partial charge in [0.15, 0.2) is 0 Å². The van der Waals surface area contributed by atoms with Gasteiger partial charge in [-0.15, -0.1) is 0 Å². The van der Waals surface area contributed by atoms with Crippen LogP contribution in [-0.4, -0.2) is 42.8 Å². The number of rotatable bonds is 5. The fraction of sp³-hybridized carbons (Fsp3) is 0.615. The first-order valence-corrected chi connectivity index (χ1v) is 6.82. The lowest BCUT2D eigenvalue weighted by atomic mass is 10.1. The van der Waals surface area contributed by atoms with Gasteiger partial charge in [0.25, 0.3) is 5.69 Å². The summed E-state index contributed by atoms with van der Waals surface area (Å²) >= 11 is 0. The van der Waals surface area contributed by atoms with E-state index in [9.17, 15) is 10.1 Å². The van der Waals surface area contributed by atoms with Gasteiger partial charge in [-0.2, -0.15) is 0 Å². The molecule has 1 N–H and O–H groups in total. The molecule has 0 aliphatic carbocycles. The van der Waals surface area contributed by atoms with Crippen molar-refractivity contribution in [1.82, 2.24) is 4.98 Å². The highest BCUT2D eigenvalue weighted by Crippen LogP contribution is 2.26. The molecule has 2 heterocycles. The molecule has 0 bridgehead atoms. The van der Waals surface area contributed by atoms with Crippen LogP contribution in [0.4, 0.5) is 17.3 Å². The predicted molar refractivity (Wildman–Crippen MR) is 77.3 cm³/mol. The van der Waals surface area contributed by atoms with Crippen LogP contribution in [0.25, 0.3) is 0 Å². The first-order valence-electron chi connectivity index (χ1n) is 6.82. The van der Waals surface area contributed by atoms with Gasteiger partial charge in [0.1, 0.15) is 11.6 Å². The number of ether oxygens (including phenoxy) is 1. The molecule has 1 aliphatic heterocycles. The van der Waals surface area contributed by atoms with Crippen molar-refractivity contribution in [2.45, 2.75) is 25.9 Å². The molecule has 7 nitrogen and oxygen atoms in total. The Balaban J connectivity index is 2.27.